The molecule has 6 rings (SSSR count). The van der Waals surface area contributed by atoms with Crippen molar-refractivity contribution in [3.8, 4) is 11.5 Å². The lowest BCUT2D eigenvalue weighted by molar-refractivity contribution is -0.142. The highest BCUT2D eigenvalue weighted by Crippen LogP contribution is 2.34. The summed E-state index contributed by atoms with van der Waals surface area (Å²) in [6.07, 6.45) is 1.68. The van der Waals surface area contributed by atoms with E-state index >= 15 is 0 Å². The molecule has 2 atom stereocenters. The van der Waals surface area contributed by atoms with Gasteiger partial charge in [0.2, 0.25) is 18.6 Å². The van der Waals surface area contributed by atoms with Crippen molar-refractivity contribution in [2.24, 2.45) is 0 Å². The van der Waals surface area contributed by atoms with Crippen LogP contribution in [-0.4, -0.2) is 70.8 Å². The minimum Gasteiger partial charge on any atom is -0.465 e. The summed E-state index contributed by atoms with van der Waals surface area (Å²) in [7, 11) is 1.30. The summed E-state index contributed by atoms with van der Waals surface area (Å²) in [5.74, 6) is -0.0623. The van der Waals surface area contributed by atoms with Crippen molar-refractivity contribution in [2.75, 3.05) is 27.1 Å². The molecular formula is C31H31N5O7. The third-order valence-electron chi connectivity index (χ3n) is 7.55. The fourth-order valence-corrected chi connectivity index (χ4v) is 5.32. The predicted octanol–water partition coefficient (Wildman–Crippen LogP) is 3.01. The van der Waals surface area contributed by atoms with Crippen LogP contribution >= 0.6 is 0 Å². The first-order valence-electron chi connectivity index (χ1n) is 14.0. The minimum atomic E-state index is -1.04. The molecule has 2 aliphatic heterocycles. The first-order valence-corrected chi connectivity index (χ1v) is 14.0. The van der Waals surface area contributed by atoms with Crippen LogP contribution in [0, 0.1) is 0 Å². The lowest BCUT2D eigenvalue weighted by Gasteiger charge is -2.32. The van der Waals surface area contributed by atoms with Crippen LogP contribution in [0.3, 0.4) is 0 Å². The summed E-state index contributed by atoms with van der Waals surface area (Å²) in [4.78, 5) is 41.8. The van der Waals surface area contributed by atoms with Crippen LogP contribution in [0.1, 0.15) is 40.4 Å². The van der Waals surface area contributed by atoms with Gasteiger partial charge < -0.3 is 29.2 Å². The van der Waals surface area contributed by atoms with Crippen molar-refractivity contribution in [1.29, 1.82) is 0 Å². The maximum absolute atomic E-state index is 14.2. The van der Waals surface area contributed by atoms with Gasteiger partial charge in [-0.05, 0) is 60.4 Å². The Balaban J connectivity index is 1.37. The molecule has 2 aliphatic rings. The number of ether oxygens (including phenoxy) is 4. The number of hydrogen-bond donors (Lipinski definition) is 1. The van der Waals surface area contributed by atoms with Gasteiger partial charge in [-0.3, -0.25) is 9.59 Å². The lowest BCUT2D eigenvalue weighted by Crippen LogP contribution is -2.46. The molecule has 12 heteroatoms. The summed E-state index contributed by atoms with van der Waals surface area (Å²) in [6, 6.07) is 18.2. The van der Waals surface area contributed by atoms with Crippen LogP contribution in [0.2, 0.25) is 0 Å². The first kappa shape index (κ1) is 28.2. The van der Waals surface area contributed by atoms with E-state index < -0.39 is 12.0 Å². The molecule has 43 heavy (non-hydrogen) atoms. The number of nitrogens with zero attached hydrogens (tertiary/aromatic N) is 4. The summed E-state index contributed by atoms with van der Waals surface area (Å²) in [6.45, 7) is 1.01. The Morgan fingerprint density at radius 1 is 1.07 bits per heavy atom. The van der Waals surface area contributed by atoms with E-state index in [1.54, 1.807) is 36.4 Å². The number of amides is 2. The molecule has 1 aromatic heterocycles. The van der Waals surface area contributed by atoms with Crippen LogP contribution in [-0.2, 0) is 32.2 Å². The molecule has 2 amide bonds. The minimum absolute atomic E-state index is 0.0822. The summed E-state index contributed by atoms with van der Waals surface area (Å²) >= 11 is 0. The van der Waals surface area contributed by atoms with Crippen molar-refractivity contribution in [3.05, 3.63) is 83.4 Å². The maximum atomic E-state index is 14.2. The van der Waals surface area contributed by atoms with Crippen LogP contribution in [0.25, 0.3) is 11.0 Å². The van der Waals surface area contributed by atoms with Gasteiger partial charge in [0, 0.05) is 19.7 Å². The van der Waals surface area contributed by atoms with Crippen molar-refractivity contribution in [1.82, 2.24) is 25.2 Å². The Morgan fingerprint density at radius 2 is 1.88 bits per heavy atom. The number of rotatable bonds is 10. The Morgan fingerprint density at radius 3 is 2.67 bits per heavy atom. The van der Waals surface area contributed by atoms with Crippen molar-refractivity contribution in [2.45, 2.75) is 38.1 Å². The normalized spacial score (nSPS) is 16.2. The van der Waals surface area contributed by atoms with Gasteiger partial charge in [0.15, 0.2) is 11.5 Å². The molecule has 222 valence electrons. The van der Waals surface area contributed by atoms with E-state index in [2.05, 4.69) is 15.6 Å². The second-order valence-corrected chi connectivity index (χ2v) is 10.3. The van der Waals surface area contributed by atoms with E-state index in [0.29, 0.717) is 46.8 Å². The SMILES string of the molecule is COC(=O)c1ccc([C@@H](C(=O)NC[C@@H]2CCCO2)N(Cc2ccc3c(c2)OCO3)C(=O)Cn2nnc3ccccc32)cc1. The Bertz CT molecular complexity index is 1630. The van der Waals surface area contributed by atoms with Gasteiger partial charge in [-0.1, -0.05) is 35.5 Å². The van der Waals surface area contributed by atoms with Crippen molar-refractivity contribution < 1.29 is 33.3 Å². The summed E-state index contributed by atoms with van der Waals surface area (Å²) < 4.78 is 23.1. The van der Waals surface area contributed by atoms with Gasteiger partial charge in [0.25, 0.3) is 0 Å². The number of carbonyl (C=O) groups excluding carboxylic acids is 3. The average Bonchev–Trinajstić information content (AvgIpc) is 3.81. The number of methoxy groups -OCH3 is 1. The molecule has 3 heterocycles. The molecule has 3 aromatic carbocycles. The molecular weight excluding hydrogens is 554 g/mol. The first-order chi connectivity index (χ1) is 21.0. The van der Waals surface area contributed by atoms with E-state index in [1.165, 1.54) is 16.7 Å². The van der Waals surface area contributed by atoms with Crippen molar-refractivity contribution >= 4 is 28.8 Å². The highest BCUT2D eigenvalue weighted by atomic mass is 16.7. The number of nitrogens with one attached hydrogen (secondary N) is 1. The van der Waals surface area contributed by atoms with E-state index in [9.17, 15) is 14.4 Å². The fourth-order valence-electron chi connectivity index (χ4n) is 5.32. The molecule has 0 bridgehead atoms. The zero-order valence-corrected chi connectivity index (χ0v) is 23.6. The van der Waals surface area contributed by atoms with Crippen molar-refractivity contribution in [3.63, 3.8) is 0 Å². The van der Waals surface area contributed by atoms with E-state index in [1.807, 2.05) is 30.3 Å². The zero-order chi connectivity index (χ0) is 29.8. The van der Waals surface area contributed by atoms with Crippen LogP contribution in [0.15, 0.2) is 66.7 Å². The van der Waals surface area contributed by atoms with Crippen LogP contribution < -0.4 is 14.8 Å². The Labute approximate surface area is 247 Å². The molecule has 4 aromatic rings. The number of para-hydroxylation sites is 1. The number of fused-ring (bicyclic) bond motifs is 2. The van der Waals surface area contributed by atoms with Gasteiger partial charge in [-0.25, -0.2) is 9.48 Å². The smallest absolute Gasteiger partial charge is 0.337 e. The Hall–Kier alpha value is -4.97. The fraction of sp³-hybridized carbons (Fsp3) is 0.323. The molecule has 0 unspecified atom stereocenters. The topological polar surface area (TPSA) is 134 Å². The molecule has 12 nitrogen and oxygen atoms in total. The van der Waals surface area contributed by atoms with Crippen LogP contribution in [0.5, 0.6) is 11.5 Å². The monoisotopic (exact) mass is 585 g/mol. The number of carbonyl (C=O) groups is 3. The third-order valence-corrected chi connectivity index (χ3v) is 7.55. The largest absolute Gasteiger partial charge is 0.465 e. The highest BCUT2D eigenvalue weighted by molar-refractivity contribution is 5.91. The molecule has 1 N–H and O–H groups in total. The molecule has 0 radical (unpaired) electrons. The molecule has 0 spiro atoms. The second-order valence-electron chi connectivity index (χ2n) is 10.3. The quantitative estimate of drug-likeness (QED) is 0.279. The number of benzene rings is 3. The average molecular weight is 586 g/mol. The second kappa shape index (κ2) is 12.5. The predicted molar refractivity (Wildman–Crippen MR) is 153 cm³/mol. The molecule has 1 saturated heterocycles. The van der Waals surface area contributed by atoms with Gasteiger partial charge in [0.1, 0.15) is 18.1 Å². The standard InChI is InChI=1S/C31H31N5O7/c1-40-31(39)22-11-9-21(10-12-22)29(30(38)32-16-23-5-4-14-41-23)35(17-20-8-13-26-27(15-20)43-19-42-26)28(37)18-36-25-7-3-2-6-24(25)33-34-36/h2-3,6-13,15,23,29H,4-5,14,16-19H2,1H3,(H,32,38)/t23-,29-/m0/s1. The third kappa shape index (κ3) is 6.14. The highest BCUT2D eigenvalue weighted by Gasteiger charge is 2.33. The van der Waals surface area contributed by atoms with Gasteiger partial charge in [0.05, 0.1) is 24.3 Å². The van der Waals surface area contributed by atoms with Gasteiger partial charge >= 0.3 is 5.97 Å². The number of aromatic nitrogens is 3. The summed E-state index contributed by atoms with van der Waals surface area (Å²) in [5, 5.41) is 11.4. The van der Waals surface area contributed by atoms with E-state index in [0.717, 1.165) is 18.4 Å². The van der Waals surface area contributed by atoms with Gasteiger partial charge in [-0.15, -0.1) is 5.10 Å². The zero-order valence-electron chi connectivity index (χ0n) is 23.6. The lowest BCUT2D eigenvalue weighted by atomic mass is 10.0. The van der Waals surface area contributed by atoms with E-state index in [4.69, 9.17) is 18.9 Å². The molecule has 1 fully saturated rings. The summed E-state index contributed by atoms with van der Waals surface area (Å²) in [5.41, 5.74) is 2.94. The van der Waals surface area contributed by atoms with Gasteiger partial charge in [-0.2, -0.15) is 0 Å². The van der Waals surface area contributed by atoms with E-state index in [-0.39, 0.29) is 37.8 Å². The maximum Gasteiger partial charge on any atom is 0.337 e. The number of esters is 1. The van der Waals surface area contributed by atoms with Crippen LogP contribution in [0.4, 0.5) is 0 Å². The Kier molecular flexibility index (Phi) is 8.18. The molecule has 0 aliphatic carbocycles. The molecule has 0 saturated carbocycles. The number of hydrogen-bond acceptors (Lipinski definition) is 9.